The molecule has 1 aliphatic carbocycles. The van der Waals surface area contributed by atoms with E-state index in [1.54, 1.807) is 0 Å². The summed E-state index contributed by atoms with van der Waals surface area (Å²) in [6.45, 7) is 0.767. The van der Waals surface area contributed by atoms with Crippen LogP contribution in [-0.2, 0) is 18.2 Å². The number of hydrogen-bond acceptors (Lipinski definition) is 4. The predicted molar refractivity (Wildman–Crippen MR) is 94.6 cm³/mol. The van der Waals surface area contributed by atoms with Crippen LogP contribution in [0.2, 0.25) is 0 Å². The van der Waals surface area contributed by atoms with E-state index in [0.29, 0.717) is 13.5 Å². The lowest BCUT2D eigenvalue weighted by Gasteiger charge is -2.19. The van der Waals surface area contributed by atoms with Crippen molar-refractivity contribution in [1.82, 2.24) is 0 Å². The maximum Gasteiger partial charge on any atom is 0.257 e. The zero-order valence-corrected chi connectivity index (χ0v) is 14.8. The first kappa shape index (κ1) is 18.2. The Kier molecular flexibility index (Phi) is 6.44. The minimum absolute atomic E-state index is 0.178. The van der Waals surface area contributed by atoms with E-state index in [1.165, 1.54) is 12.6 Å². The van der Waals surface area contributed by atoms with Gasteiger partial charge < -0.3 is 5.21 Å². The summed E-state index contributed by atoms with van der Waals surface area (Å²) in [5.74, 6) is 0.437. The molecule has 1 N–H and O–H groups in total. The number of ketones is 1. The van der Waals surface area contributed by atoms with Crippen molar-refractivity contribution >= 4 is 12.0 Å². The van der Waals surface area contributed by atoms with Crippen LogP contribution in [0.3, 0.4) is 0 Å². The van der Waals surface area contributed by atoms with Gasteiger partial charge >= 0.3 is 0 Å². The van der Waals surface area contributed by atoms with Crippen LogP contribution in [0.5, 0.6) is 0 Å². The second kappa shape index (κ2) is 9.20. The van der Waals surface area contributed by atoms with E-state index in [4.69, 9.17) is 9.94 Å². The molecule has 3 rings (SSSR count). The Bertz CT molecular complexity index is 753. The fourth-order valence-corrected chi connectivity index (χ4v) is 3.31. The van der Waals surface area contributed by atoms with Crippen molar-refractivity contribution in [3.63, 3.8) is 0 Å². The summed E-state index contributed by atoms with van der Waals surface area (Å²) in [6, 6.07) is 7.46. The van der Waals surface area contributed by atoms with Gasteiger partial charge in [-0.3, -0.25) is 9.53 Å². The van der Waals surface area contributed by atoms with E-state index in [9.17, 15) is 4.79 Å². The van der Waals surface area contributed by atoms with Crippen molar-refractivity contribution in [3.8, 4) is 0 Å². The minimum Gasteiger partial charge on any atom is -0.411 e. The fourth-order valence-electron chi connectivity index (χ4n) is 3.31. The van der Waals surface area contributed by atoms with Crippen LogP contribution in [0.15, 0.2) is 54.2 Å². The molecule has 26 heavy (non-hydrogen) atoms. The molecular formula is C20H25N3O3+2. The molecule has 1 fully saturated rings. The molecule has 1 saturated carbocycles. The number of carbonyl (C=O) groups excluding carboxylic acids is 1. The zero-order valence-electron chi connectivity index (χ0n) is 14.8. The molecule has 1 aliphatic rings. The maximum atomic E-state index is 12.6. The Morgan fingerprint density at radius 3 is 2.58 bits per heavy atom. The van der Waals surface area contributed by atoms with Gasteiger partial charge in [0.15, 0.2) is 30.6 Å². The highest BCUT2D eigenvalue weighted by Gasteiger charge is 2.23. The number of ether oxygens (including phenoxy) is 1. The predicted octanol–water partition coefficient (Wildman–Crippen LogP) is 2.46. The van der Waals surface area contributed by atoms with Gasteiger partial charge in [-0.2, -0.15) is 9.13 Å². The molecular weight excluding hydrogens is 330 g/mol. The van der Waals surface area contributed by atoms with Crippen molar-refractivity contribution in [1.29, 1.82) is 0 Å². The lowest BCUT2D eigenvalue weighted by atomic mass is 9.84. The van der Waals surface area contributed by atoms with Crippen LogP contribution in [0.1, 0.15) is 48.0 Å². The quantitative estimate of drug-likeness (QED) is 0.273. The SMILES string of the molecule is O=C(c1ccc[n+](COC[n+]2ccc(/C=N\O)cc2)c1)C1CCCCC1. The molecule has 2 aromatic heterocycles. The van der Waals surface area contributed by atoms with Crippen LogP contribution < -0.4 is 9.13 Å². The standard InChI is InChI=1S/C20H24N3O3/c24-20(18-5-2-1-3-6-18)19-7-4-10-23(14-19)16-26-15-22-11-8-17(9-12-22)13-21-25/h4,7-14,18H,1-3,5-6,15-16H2/q+1/p+1. The summed E-state index contributed by atoms with van der Waals surface area (Å²) in [7, 11) is 0. The molecule has 6 heteroatoms. The Morgan fingerprint density at radius 1 is 1.12 bits per heavy atom. The number of rotatable bonds is 7. The smallest absolute Gasteiger partial charge is 0.257 e. The van der Waals surface area contributed by atoms with Crippen molar-refractivity contribution in [2.75, 3.05) is 0 Å². The average molecular weight is 355 g/mol. The number of carbonyl (C=O) groups is 1. The molecule has 0 unspecified atom stereocenters. The third-order valence-electron chi connectivity index (χ3n) is 4.72. The van der Waals surface area contributed by atoms with Gasteiger partial charge in [-0.1, -0.05) is 24.4 Å². The number of hydrogen-bond donors (Lipinski definition) is 1. The summed E-state index contributed by atoms with van der Waals surface area (Å²) >= 11 is 0. The molecule has 0 atom stereocenters. The van der Waals surface area contributed by atoms with Crippen molar-refractivity contribution in [3.05, 3.63) is 60.2 Å². The van der Waals surface area contributed by atoms with E-state index in [0.717, 1.165) is 36.8 Å². The van der Waals surface area contributed by atoms with Crippen LogP contribution in [-0.4, -0.2) is 17.2 Å². The number of nitrogens with zero attached hydrogens (tertiary/aromatic N) is 3. The van der Waals surface area contributed by atoms with E-state index in [1.807, 2.05) is 58.2 Å². The highest BCUT2D eigenvalue weighted by Crippen LogP contribution is 2.26. The first-order chi connectivity index (χ1) is 12.8. The largest absolute Gasteiger partial charge is 0.411 e. The van der Waals surface area contributed by atoms with Gasteiger partial charge in [0, 0.05) is 29.7 Å². The van der Waals surface area contributed by atoms with Crippen LogP contribution in [0.4, 0.5) is 0 Å². The molecule has 0 aliphatic heterocycles. The van der Waals surface area contributed by atoms with Crippen LogP contribution >= 0.6 is 0 Å². The maximum absolute atomic E-state index is 12.6. The summed E-state index contributed by atoms with van der Waals surface area (Å²) in [6.07, 6.45) is 14.4. The van der Waals surface area contributed by atoms with Crippen molar-refractivity contribution in [2.24, 2.45) is 11.1 Å². The highest BCUT2D eigenvalue weighted by atomic mass is 16.5. The van der Waals surface area contributed by atoms with Gasteiger partial charge in [0.2, 0.25) is 0 Å². The summed E-state index contributed by atoms with van der Waals surface area (Å²) in [4.78, 5) is 12.6. The second-order valence-corrected chi connectivity index (χ2v) is 6.66. The average Bonchev–Trinajstić information content (AvgIpc) is 2.70. The molecule has 6 nitrogen and oxygen atoms in total. The topological polar surface area (TPSA) is 66.7 Å². The van der Waals surface area contributed by atoms with E-state index in [-0.39, 0.29) is 11.7 Å². The Balaban J connectivity index is 1.54. The van der Waals surface area contributed by atoms with Gasteiger partial charge in [0.25, 0.3) is 13.5 Å². The second-order valence-electron chi connectivity index (χ2n) is 6.66. The summed E-state index contributed by atoms with van der Waals surface area (Å²) < 4.78 is 9.49. The highest BCUT2D eigenvalue weighted by molar-refractivity contribution is 5.97. The lowest BCUT2D eigenvalue weighted by Crippen LogP contribution is -2.40. The van der Waals surface area contributed by atoms with E-state index < -0.39 is 0 Å². The molecule has 0 aromatic carbocycles. The lowest BCUT2D eigenvalue weighted by molar-refractivity contribution is -0.788. The molecule has 0 spiro atoms. The van der Waals surface area contributed by atoms with Crippen molar-refractivity contribution < 1.29 is 23.9 Å². The number of pyridine rings is 2. The Hall–Kier alpha value is -2.60. The fraction of sp³-hybridized carbons (Fsp3) is 0.400. The normalized spacial score (nSPS) is 15.4. The third kappa shape index (κ3) is 4.95. The van der Waals surface area contributed by atoms with E-state index >= 15 is 0 Å². The monoisotopic (exact) mass is 355 g/mol. The van der Waals surface area contributed by atoms with Crippen LogP contribution in [0.25, 0.3) is 0 Å². The Morgan fingerprint density at radius 2 is 1.85 bits per heavy atom. The van der Waals surface area contributed by atoms with Gasteiger partial charge in [-0.15, -0.1) is 0 Å². The zero-order chi connectivity index (χ0) is 18.2. The van der Waals surface area contributed by atoms with Gasteiger partial charge in [0.05, 0.1) is 11.8 Å². The van der Waals surface area contributed by atoms with Crippen LogP contribution in [0, 0.1) is 5.92 Å². The third-order valence-corrected chi connectivity index (χ3v) is 4.72. The first-order valence-electron chi connectivity index (χ1n) is 9.04. The summed E-state index contributed by atoms with van der Waals surface area (Å²) in [5, 5.41) is 11.5. The molecule has 2 aromatic rings. The van der Waals surface area contributed by atoms with Crippen molar-refractivity contribution in [2.45, 2.75) is 45.6 Å². The molecule has 136 valence electrons. The Labute approximate surface area is 153 Å². The van der Waals surface area contributed by atoms with Gasteiger partial charge in [0.1, 0.15) is 0 Å². The number of Topliss-reactive ketones (excluding diaryl/α,β-unsaturated/α-hetero) is 1. The number of aromatic nitrogens is 2. The summed E-state index contributed by atoms with van der Waals surface area (Å²) in [5.41, 5.74) is 1.58. The molecule has 0 saturated heterocycles. The van der Waals surface area contributed by atoms with Gasteiger partial charge in [-0.05, 0) is 18.9 Å². The number of oxime groups is 1. The van der Waals surface area contributed by atoms with Gasteiger partial charge in [-0.25, -0.2) is 0 Å². The molecule has 0 radical (unpaired) electrons. The minimum atomic E-state index is 0.178. The molecule has 2 heterocycles. The molecule has 0 amide bonds. The van der Waals surface area contributed by atoms with E-state index in [2.05, 4.69) is 5.16 Å². The first-order valence-corrected chi connectivity index (χ1v) is 9.04. The molecule has 0 bridgehead atoms.